The summed E-state index contributed by atoms with van der Waals surface area (Å²) in [5.74, 6) is 0.0848. The van der Waals surface area contributed by atoms with Crippen LogP contribution < -0.4 is 0 Å². The molecule has 0 aromatic heterocycles. The topological polar surface area (TPSA) is 85.4 Å². The average molecular weight is 473 g/mol. The van der Waals surface area contributed by atoms with Gasteiger partial charge in [0.25, 0.3) is 5.91 Å². The maximum atomic E-state index is 13.3. The SMILES string of the molecule is CC1CN(S(=O)(=O)c2cc(C(=O)N3CCC(C4OCCO4)CC3)ccc2Cl)CC(C)O1. The molecule has 3 aliphatic rings. The van der Waals surface area contributed by atoms with E-state index in [-0.39, 0.29) is 53.3 Å². The van der Waals surface area contributed by atoms with Crippen LogP contribution in [0.2, 0.25) is 5.02 Å². The Kier molecular flexibility index (Phi) is 6.90. The van der Waals surface area contributed by atoms with Gasteiger partial charge in [-0.3, -0.25) is 4.79 Å². The van der Waals surface area contributed by atoms with E-state index >= 15 is 0 Å². The lowest BCUT2D eigenvalue weighted by Crippen LogP contribution is -2.48. The van der Waals surface area contributed by atoms with Crippen molar-refractivity contribution in [1.29, 1.82) is 0 Å². The number of carbonyl (C=O) groups excluding carboxylic acids is 1. The number of sulfonamides is 1. The molecule has 3 fully saturated rings. The van der Waals surface area contributed by atoms with Crippen LogP contribution in [0.4, 0.5) is 0 Å². The highest BCUT2D eigenvalue weighted by Crippen LogP contribution is 2.30. The van der Waals surface area contributed by atoms with Gasteiger partial charge in [-0.15, -0.1) is 0 Å². The van der Waals surface area contributed by atoms with E-state index in [9.17, 15) is 13.2 Å². The van der Waals surface area contributed by atoms with Crippen LogP contribution in [-0.4, -0.2) is 81.4 Å². The molecule has 10 heteroatoms. The van der Waals surface area contributed by atoms with Crippen LogP contribution in [0.25, 0.3) is 0 Å². The van der Waals surface area contributed by atoms with Crippen molar-refractivity contribution >= 4 is 27.5 Å². The summed E-state index contributed by atoms with van der Waals surface area (Å²) in [6, 6.07) is 4.48. The van der Waals surface area contributed by atoms with Gasteiger partial charge in [0.2, 0.25) is 10.0 Å². The molecule has 8 nitrogen and oxygen atoms in total. The van der Waals surface area contributed by atoms with Gasteiger partial charge in [0.05, 0.1) is 30.4 Å². The van der Waals surface area contributed by atoms with E-state index in [2.05, 4.69) is 0 Å². The second-order valence-electron chi connectivity index (χ2n) is 8.46. The number of carbonyl (C=O) groups is 1. The summed E-state index contributed by atoms with van der Waals surface area (Å²) in [6.07, 6.45) is 0.979. The molecule has 0 spiro atoms. The first-order chi connectivity index (χ1) is 14.8. The predicted octanol–water partition coefficient (Wildman–Crippen LogP) is 2.36. The summed E-state index contributed by atoms with van der Waals surface area (Å²) in [4.78, 5) is 14.8. The summed E-state index contributed by atoms with van der Waals surface area (Å²) < 4.78 is 44.8. The molecule has 31 heavy (non-hydrogen) atoms. The molecule has 0 radical (unpaired) electrons. The van der Waals surface area contributed by atoms with Gasteiger partial charge < -0.3 is 19.1 Å². The van der Waals surface area contributed by atoms with Crippen molar-refractivity contribution in [3.8, 4) is 0 Å². The zero-order valence-corrected chi connectivity index (χ0v) is 19.4. The fraction of sp³-hybridized carbons (Fsp3) is 0.667. The number of piperidine rings is 1. The van der Waals surface area contributed by atoms with E-state index in [0.29, 0.717) is 31.9 Å². The summed E-state index contributed by atoms with van der Waals surface area (Å²) in [7, 11) is -3.85. The number of hydrogen-bond acceptors (Lipinski definition) is 6. The van der Waals surface area contributed by atoms with Crippen molar-refractivity contribution in [1.82, 2.24) is 9.21 Å². The minimum atomic E-state index is -3.85. The largest absolute Gasteiger partial charge is 0.373 e. The third kappa shape index (κ3) is 4.91. The van der Waals surface area contributed by atoms with Crippen LogP contribution in [0.1, 0.15) is 37.0 Å². The normalized spacial score (nSPS) is 27.0. The summed E-state index contributed by atoms with van der Waals surface area (Å²) in [5, 5.41) is 0.109. The van der Waals surface area contributed by atoms with Gasteiger partial charge in [-0.2, -0.15) is 4.31 Å². The smallest absolute Gasteiger partial charge is 0.253 e. The van der Waals surface area contributed by atoms with Crippen LogP contribution in [0.15, 0.2) is 23.1 Å². The molecule has 0 bridgehead atoms. The summed E-state index contributed by atoms with van der Waals surface area (Å²) in [6.45, 7) is 6.57. The molecular formula is C21H29ClN2O6S. The zero-order valence-electron chi connectivity index (χ0n) is 17.8. The van der Waals surface area contributed by atoms with Crippen molar-refractivity contribution in [2.45, 2.75) is 50.1 Å². The lowest BCUT2D eigenvalue weighted by molar-refractivity contribution is -0.0956. The molecule has 172 valence electrons. The average Bonchev–Trinajstić information content (AvgIpc) is 3.28. The van der Waals surface area contributed by atoms with Crippen molar-refractivity contribution in [3.63, 3.8) is 0 Å². The molecule has 0 aliphatic carbocycles. The first-order valence-corrected chi connectivity index (χ1v) is 12.5. The highest BCUT2D eigenvalue weighted by Gasteiger charge is 2.35. The molecule has 0 N–H and O–H groups in total. The number of halogens is 1. The van der Waals surface area contributed by atoms with Crippen molar-refractivity contribution in [2.24, 2.45) is 5.92 Å². The Balaban J connectivity index is 1.49. The molecule has 2 atom stereocenters. The first-order valence-electron chi connectivity index (χ1n) is 10.7. The second-order valence-corrected chi connectivity index (χ2v) is 10.8. The van der Waals surface area contributed by atoms with E-state index in [1.807, 2.05) is 13.8 Å². The minimum Gasteiger partial charge on any atom is -0.373 e. The van der Waals surface area contributed by atoms with Gasteiger partial charge in [0, 0.05) is 37.7 Å². The third-order valence-electron chi connectivity index (χ3n) is 6.04. The Morgan fingerprint density at radius 3 is 2.29 bits per heavy atom. The number of ether oxygens (including phenoxy) is 3. The fourth-order valence-corrected chi connectivity index (χ4v) is 6.60. The number of benzene rings is 1. The summed E-state index contributed by atoms with van der Waals surface area (Å²) >= 11 is 6.27. The fourth-order valence-electron chi connectivity index (χ4n) is 4.51. The molecule has 3 heterocycles. The summed E-state index contributed by atoms with van der Waals surface area (Å²) in [5.41, 5.74) is 0.323. The van der Waals surface area contributed by atoms with Crippen molar-refractivity contribution in [3.05, 3.63) is 28.8 Å². The molecular weight excluding hydrogens is 444 g/mol. The monoisotopic (exact) mass is 472 g/mol. The Morgan fingerprint density at radius 1 is 1.06 bits per heavy atom. The number of amides is 1. The second kappa shape index (κ2) is 9.33. The van der Waals surface area contributed by atoms with E-state index < -0.39 is 10.0 Å². The molecule has 2 unspecified atom stereocenters. The Morgan fingerprint density at radius 2 is 1.68 bits per heavy atom. The maximum Gasteiger partial charge on any atom is 0.253 e. The Labute approximate surface area is 188 Å². The van der Waals surface area contributed by atoms with Crippen LogP contribution in [-0.2, 0) is 24.2 Å². The number of morpholine rings is 1. The van der Waals surface area contributed by atoms with E-state index in [4.69, 9.17) is 25.8 Å². The molecule has 4 rings (SSSR count). The van der Waals surface area contributed by atoms with Crippen molar-refractivity contribution in [2.75, 3.05) is 39.4 Å². The van der Waals surface area contributed by atoms with E-state index in [1.54, 1.807) is 11.0 Å². The molecule has 1 aromatic rings. The van der Waals surface area contributed by atoms with Crippen LogP contribution >= 0.6 is 11.6 Å². The lowest BCUT2D eigenvalue weighted by Gasteiger charge is -2.35. The number of hydrogen-bond donors (Lipinski definition) is 0. The van der Waals surface area contributed by atoms with Gasteiger partial charge >= 0.3 is 0 Å². The van der Waals surface area contributed by atoms with E-state index in [1.165, 1.54) is 16.4 Å². The highest BCUT2D eigenvalue weighted by atomic mass is 35.5. The Bertz CT molecular complexity index is 902. The minimum absolute atomic E-state index is 0.0380. The lowest BCUT2D eigenvalue weighted by atomic mass is 9.95. The number of likely N-dealkylation sites (tertiary alicyclic amines) is 1. The van der Waals surface area contributed by atoms with Crippen LogP contribution in [0.5, 0.6) is 0 Å². The highest BCUT2D eigenvalue weighted by molar-refractivity contribution is 7.89. The number of rotatable bonds is 4. The van der Waals surface area contributed by atoms with Crippen molar-refractivity contribution < 1.29 is 27.4 Å². The quantitative estimate of drug-likeness (QED) is 0.668. The van der Waals surface area contributed by atoms with Gasteiger partial charge in [-0.05, 0) is 44.9 Å². The molecule has 3 aliphatic heterocycles. The third-order valence-corrected chi connectivity index (χ3v) is 8.35. The standard InChI is InChI=1S/C21H29ClN2O6S/c1-14-12-24(13-15(2)30-14)31(26,27)19-11-17(3-4-18(19)22)20(25)23-7-5-16(6-8-23)21-28-9-10-29-21/h3-4,11,14-16,21H,5-10,12-13H2,1-2H3. The molecule has 3 saturated heterocycles. The number of nitrogens with zero attached hydrogens (tertiary/aromatic N) is 2. The molecule has 1 amide bonds. The Hall–Kier alpha value is -1.23. The van der Waals surface area contributed by atoms with Crippen LogP contribution in [0, 0.1) is 5.92 Å². The molecule has 0 saturated carbocycles. The van der Waals surface area contributed by atoms with E-state index in [0.717, 1.165) is 12.8 Å². The van der Waals surface area contributed by atoms with Gasteiger partial charge in [0.15, 0.2) is 6.29 Å². The van der Waals surface area contributed by atoms with Crippen LogP contribution in [0.3, 0.4) is 0 Å². The predicted molar refractivity (Wildman–Crippen MR) is 115 cm³/mol. The zero-order chi connectivity index (χ0) is 22.2. The van der Waals surface area contributed by atoms with Gasteiger partial charge in [-0.25, -0.2) is 8.42 Å². The molecule has 1 aromatic carbocycles. The van der Waals surface area contributed by atoms with Gasteiger partial charge in [-0.1, -0.05) is 11.6 Å². The first kappa shape index (κ1) is 22.9. The maximum absolute atomic E-state index is 13.3. The van der Waals surface area contributed by atoms with Gasteiger partial charge in [0.1, 0.15) is 4.90 Å².